The molecule has 0 aromatic carbocycles. The Labute approximate surface area is 98.0 Å². The Kier molecular flexibility index (Phi) is 3.37. The first kappa shape index (κ1) is 10.6. The van der Waals surface area contributed by atoms with Gasteiger partial charge in [0.2, 0.25) is 0 Å². The first-order valence-corrected chi connectivity index (χ1v) is 6.29. The third-order valence-electron chi connectivity index (χ3n) is 2.26. The third kappa shape index (κ3) is 2.57. The molecule has 1 aromatic rings. The Balaban J connectivity index is 2.15. The molecule has 80 valence electrons. The maximum atomic E-state index is 5.61. The summed E-state index contributed by atoms with van der Waals surface area (Å²) in [6, 6.07) is 2.25. The van der Waals surface area contributed by atoms with Crippen LogP contribution in [-0.2, 0) is 0 Å². The van der Waals surface area contributed by atoms with Crippen LogP contribution >= 0.6 is 24.0 Å². The maximum absolute atomic E-state index is 5.61. The second kappa shape index (κ2) is 4.76. The smallest absolute Gasteiger partial charge is 0.159 e. The fourth-order valence-electron chi connectivity index (χ4n) is 1.48. The van der Waals surface area contributed by atoms with E-state index in [1.807, 2.05) is 11.8 Å². The van der Waals surface area contributed by atoms with Crippen LogP contribution in [0.15, 0.2) is 12.3 Å². The summed E-state index contributed by atoms with van der Waals surface area (Å²) in [5.74, 6) is 3.01. The summed E-state index contributed by atoms with van der Waals surface area (Å²) in [4.78, 5) is 0.359. The average molecular weight is 240 g/mol. The van der Waals surface area contributed by atoms with Crippen molar-refractivity contribution in [3.05, 3.63) is 17.8 Å². The summed E-state index contributed by atoms with van der Waals surface area (Å²) >= 11 is 6.90. The maximum Gasteiger partial charge on any atom is 0.159 e. The second-order valence-electron chi connectivity index (χ2n) is 3.36. The Morgan fingerprint density at radius 2 is 2.53 bits per heavy atom. The molecule has 2 heterocycles. The van der Waals surface area contributed by atoms with E-state index in [9.17, 15) is 0 Å². The summed E-state index contributed by atoms with van der Waals surface area (Å²) in [6.45, 7) is 0. The van der Waals surface area contributed by atoms with Crippen LogP contribution < -0.4 is 11.1 Å². The molecule has 1 atom stereocenters. The number of thiocarbonyl (C=S) groups is 1. The van der Waals surface area contributed by atoms with Crippen LogP contribution in [0.5, 0.6) is 0 Å². The fraction of sp³-hybridized carbons (Fsp3) is 0.444. The van der Waals surface area contributed by atoms with Crippen molar-refractivity contribution in [3.8, 4) is 0 Å². The lowest BCUT2D eigenvalue weighted by Gasteiger charge is -2.13. The van der Waals surface area contributed by atoms with Crippen LogP contribution in [0.3, 0.4) is 0 Å². The first-order chi connectivity index (χ1) is 7.27. The van der Waals surface area contributed by atoms with E-state index in [1.165, 1.54) is 5.75 Å². The van der Waals surface area contributed by atoms with Gasteiger partial charge in [0.25, 0.3) is 0 Å². The largest absolute Gasteiger partial charge is 0.389 e. The van der Waals surface area contributed by atoms with Crippen molar-refractivity contribution in [2.75, 3.05) is 16.8 Å². The van der Waals surface area contributed by atoms with Crippen LogP contribution in [0.25, 0.3) is 0 Å². The normalized spacial score (nSPS) is 20.1. The van der Waals surface area contributed by atoms with E-state index in [-0.39, 0.29) is 0 Å². The molecule has 1 aliphatic heterocycles. The van der Waals surface area contributed by atoms with Crippen molar-refractivity contribution in [2.45, 2.75) is 12.5 Å². The molecule has 15 heavy (non-hydrogen) atoms. The van der Waals surface area contributed by atoms with Crippen molar-refractivity contribution in [1.29, 1.82) is 0 Å². The minimum absolute atomic E-state index is 0.359. The SMILES string of the molecule is NC(=S)c1ccnnc1NC1CCSC1. The number of hydrogen-bond acceptors (Lipinski definition) is 5. The molecule has 0 bridgehead atoms. The van der Waals surface area contributed by atoms with Crippen molar-refractivity contribution in [1.82, 2.24) is 10.2 Å². The molecule has 1 aromatic heterocycles. The molecule has 6 heteroatoms. The monoisotopic (exact) mass is 240 g/mol. The number of thioether (sulfide) groups is 1. The lowest BCUT2D eigenvalue weighted by molar-refractivity contribution is 0.799. The molecule has 1 saturated heterocycles. The van der Waals surface area contributed by atoms with Gasteiger partial charge in [0, 0.05) is 11.8 Å². The molecule has 0 spiro atoms. The summed E-state index contributed by atoms with van der Waals surface area (Å²) < 4.78 is 0. The third-order valence-corrected chi connectivity index (χ3v) is 3.64. The summed E-state index contributed by atoms with van der Waals surface area (Å²) in [5, 5.41) is 11.2. The van der Waals surface area contributed by atoms with E-state index in [2.05, 4.69) is 15.5 Å². The molecule has 3 N–H and O–H groups in total. The van der Waals surface area contributed by atoms with E-state index >= 15 is 0 Å². The zero-order valence-corrected chi connectivity index (χ0v) is 9.77. The number of nitrogens with two attached hydrogens (primary N) is 1. The predicted molar refractivity (Wildman–Crippen MR) is 67.3 cm³/mol. The zero-order valence-electron chi connectivity index (χ0n) is 8.14. The van der Waals surface area contributed by atoms with Crippen LogP contribution in [0, 0.1) is 0 Å². The quantitative estimate of drug-likeness (QED) is 0.769. The van der Waals surface area contributed by atoms with E-state index in [4.69, 9.17) is 18.0 Å². The van der Waals surface area contributed by atoms with Gasteiger partial charge in [-0.2, -0.15) is 16.9 Å². The molecule has 0 saturated carbocycles. The zero-order chi connectivity index (χ0) is 10.7. The van der Waals surface area contributed by atoms with E-state index in [0.29, 0.717) is 16.8 Å². The first-order valence-electron chi connectivity index (χ1n) is 4.73. The van der Waals surface area contributed by atoms with Crippen LogP contribution in [-0.4, -0.2) is 32.7 Å². The van der Waals surface area contributed by atoms with Gasteiger partial charge < -0.3 is 11.1 Å². The Bertz CT molecular complexity index is 363. The molecule has 1 aliphatic rings. The van der Waals surface area contributed by atoms with E-state index < -0.39 is 0 Å². The van der Waals surface area contributed by atoms with E-state index in [0.717, 1.165) is 17.7 Å². The standard InChI is InChI=1S/C9H12N4S2/c10-8(14)7-1-3-11-13-9(7)12-6-2-4-15-5-6/h1,3,6H,2,4-5H2,(H2,10,14)(H,12,13). The highest BCUT2D eigenvalue weighted by atomic mass is 32.2. The van der Waals surface area contributed by atoms with E-state index in [1.54, 1.807) is 12.3 Å². The molecule has 1 fully saturated rings. The fourth-order valence-corrected chi connectivity index (χ4v) is 2.80. The molecular formula is C9H12N4S2. The van der Waals surface area contributed by atoms with Gasteiger partial charge in [0.15, 0.2) is 5.82 Å². The second-order valence-corrected chi connectivity index (χ2v) is 4.95. The molecule has 0 aliphatic carbocycles. The number of hydrogen-bond donors (Lipinski definition) is 2. The summed E-state index contributed by atoms with van der Waals surface area (Å²) in [7, 11) is 0. The van der Waals surface area contributed by atoms with Gasteiger partial charge in [-0.05, 0) is 18.2 Å². The van der Waals surface area contributed by atoms with Gasteiger partial charge in [-0.15, -0.1) is 5.10 Å². The number of nitrogens with one attached hydrogen (secondary N) is 1. The number of rotatable bonds is 3. The van der Waals surface area contributed by atoms with Crippen molar-refractivity contribution in [3.63, 3.8) is 0 Å². The summed E-state index contributed by atoms with van der Waals surface area (Å²) in [6.07, 6.45) is 2.75. The molecule has 1 unspecified atom stereocenters. The highest BCUT2D eigenvalue weighted by Gasteiger charge is 2.17. The van der Waals surface area contributed by atoms with Gasteiger partial charge in [0.05, 0.1) is 11.8 Å². The Morgan fingerprint density at radius 1 is 1.67 bits per heavy atom. The van der Waals surface area contributed by atoms with Gasteiger partial charge in [-0.25, -0.2) is 0 Å². The topological polar surface area (TPSA) is 63.8 Å². The van der Waals surface area contributed by atoms with Crippen molar-refractivity contribution < 1.29 is 0 Å². The molecule has 2 rings (SSSR count). The molecular weight excluding hydrogens is 228 g/mol. The van der Waals surface area contributed by atoms with Crippen molar-refractivity contribution >= 4 is 34.8 Å². The summed E-state index contributed by atoms with van der Waals surface area (Å²) in [5.41, 5.74) is 6.38. The number of nitrogens with zero attached hydrogens (tertiary/aromatic N) is 2. The Morgan fingerprint density at radius 3 is 3.20 bits per heavy atom. The van der Waals surface area contributed by atoms with Crippen LogP contribution in [0.2, 0.25) is 0 Å². The minimum atomic E-state index is 0.359. The molecule has 0 amide bonds. The Hall–Kier alpha value is -0.880. The van der Waals surface area contributed by atoms with Gasteiger partial charge in [-0.1, -0.05) is 12.2 Å². The highest BCUT2D eigenvalue weighted by molar-refractivity contribution is 7.99. The lowest BCUT2D eigenvalue weighted by Crippen LogP contribution is -2.22. The minimum Gasteiger partial charge on any atom is -0.389 e. The number of anilines is 1. The van der Waals surface area contributed by atoms with Gasteiger partial charge in [0.1, 0.15) is 4.99 Å². The average Bonchev–Trinajstić information content (AvgIpc) is 2.71. The van der Waals surface area contributed by atoms with Crippen LogP contribution in [0.1, 0.15) is 12.0 Å². The molecule has 0 radical (unpaired) electrons. The van der Waals surface area contributed by atoms with Crippen molar-refractivity contribution in [2.24, 2.45) is 5.73 Å². The highest BCUT2D eigenvalue weighted by Crippen LogP contribution is 2.21. The van der Waals surface area contributed by atoms with Crippen LogP contribution in [0.4, 0.5) is 5.82 Å². The lowest BCUT2D eigenvalue weighted by atomic mass is 10.2. The molecule has 4 nitrogen and oxygen atoms in total. The van der Waals surface area contributed by atoms with Gasteiger partial charge in [-0.3, -0.25) is 0 Å². The van der Waals surface area contributed by atoms with Gasteiger partial charge >= 0.3 is 0 Å². The number of aromatic nitrogens is 2. The predicted octanol–water partition coefficient (Wildman–Crippen LogP) is 1.03.